The van der Waals surface area contributed by atoms with Gasteiger partial charge >= 0.3 is 6.18 Å². The van der Waals surface area contributed by atoms with Crippen LogP contribution in [0.2, 0.25) is 0 Å². The Balaban J connectivity index is 1.44. The lowest BCUT2D eigenvalue weighted by atomic mass is 9.80. The summed E-state index contributed by atoms with van der Waals surface area (Å²) < 4.78 is 58.7. The Kier molecular flexibility index (Phi) is 7.72. The Morgan fingerprint density at radius 1 is 1.08 bits per heavy atom. The molecule has 0 bridgehead atoms. The molecule has 200 valence electrons. The normalized spacial score (nSPS) is 17.3. The van der Waals surface area contributed by atoms with E-state index in [0.29, 0.717) is 41.7 Å². The van der Waals surface area contributed by atoms with Crippen LogP contribution in [0.15, 0.2) is 42.9 Å². The van der Waals surface area contributed by atoms with Crippen molar-refractivity contribution in [1.82, 2.24) is 20.3 Å². The second-order valence-corrected chi connectivity index (χ2v) is 9.18. The molecule has 0 unspecified atom stereocenters. The van der Waals surface area contributed by atoms with E-state index >= 15 is 0 Å². The summed E-state index contributed by atoms with van der Waals surface area (Å²) in [6.07, 6.45) is -0.263. The number of carbonyl (C=O) groups is 2. The summed E-state index contributed by atoms with van der Waals surface area (Å²) >= 11 is 0. The third-order valence-electron chi connectivity index (χ3n) is 6.36. The molecule has 1 fully saturated rings. The minimum atomic E-state index is -4.75. The van der Waals surface area contributed by atoms with Crippen LogP contribution in [0.25, 0.3) is 0 Å². The maximum absolute atomic E-state index is 13.4. The van der Waals surface area contributed by atoms with Gasteiger partial charge in [-0.25, -0.2) is 14.4 Å². The monoisotopic (exact) mass is 531 g/mol. The number of amides is 1. The lowest BCUT2D eigenvalue weighted by Gasteiger charge is -2.25. The molecule has 2 N–H and O–H groups in total. The van der Waals surface area contributed by atoms with Gasteiger partial charge in [-0.2, -0.15) is 13.2 Å². The number of hydrogen-bond acceptors (Lipinski definition) is 7. The number of aryl methyl sites for hydroxylation is 2. The van der Waals surface area contributed by atoms with Crippen LogP contribution in [0.1, 0.15) is 45.8 Å². The lowest BCUT2D eigenvalue weighted by molar-refractivity contribution is -0.137. The SMILES string of the molecule is Cc1ncc(C(=O)C[C@@]2(C(=O)NCc3ncc(Nc4ccc(F)cc4C(F)(F)F)cc3C)CCOC2)cn1. The minimum Gasteiger partial charge on any atom is -0.380 e. The third kappa shape index (κ3) is 6.13. The van der Waals surface area contributed by atoms with Gasteiger partial charge in [-0.1, -0.05) is 0 Å². The standard InChI is InChI=1S/C26H25F4N5O3/c1-15-7-19(35-21-4-3-18(27)8-20(21)26(28,29)30)12-33-22(15)13-34-24(37)25(5-6-38-14-25)9-23(36)17-10-31-16(2)32-11-17/h3-4,7-8,10-12,35H,5-6,9,13-14H2,1-2H3,(H,34,37)/t25-/m0/s1. The number of hydrogen-bond donors (Lipinski definition) is 2. The zero-order chi connectivity index (χ0) is 27.5. The molecule has 8 nitrogen and oxygen atoms in total. The van der Waals surface area contributed by atoms with Crippen molar-refractivity contribution in [2.24, 2.45) is 5.41 Å². The molecule has 0 radical (unpaired) electrons. The van der Waals surface area contributed by atoms with Gasteiger partial charge in [0.15, 0.2) is 5.78 Å². The summed E-state index contributed by atoms with van der Waals surface area (Å²) in [5, 5.41) is 5.45. The van der Waals surface area contributed by atoms with Gasteiger partial charge in [0.05, 0.1) is 53.0 Å². The Hall–Kier alpha value is -3.93. The number of nitrogens with zero attached hydrogens (tertiary/aromatic N) is 3. The van der Waals surface area contributed by atoms with E-state index in [4.69, 9.17) is 4.74 Å². The van der Waals surface area contributed by atoms with Crippen LogP contribution in [0.5, 0.6) is 0 Å². The molecule has 0 aliphatic carbocycles. The van der Waals surface area contributed by atoms with E-state index in [1.165, 1.54) is 18.6 Å². The first-order chi connectivity index (χ1) is 18.0. The minimum absolute atomic E-state index is 0.0406. The number of alkyl halides is 3. The number of carbonyl (C=O) groups excluding carboxylic acids is 2. The Bertz CT molecular complexity index is 1340. The van der Waals surface area contributed by atoms with E-state index in [2.05, 4.69) is 25.6 Å². The summed E-state index contributed by atoms with van der Waals surface area (Å²) in [7, 11) is 0. The van der Waals surface area contributed by atoms with Gasteiger partial charge < -0.3 is 15.4 Å². The Morgan fingerprint density at radius 2 is 1.82 bits per heavy atom. The first-order valence-corrected chi connectivity index (χ1v) is 11.7. The Morgan fingerprint density at radius 3 is 2.45 bits per heavy atom. The van der Waals surface area contributed by atoms with Crippen LogP contribution in [-0.2, 0) is 22.3 Å². The molecule has 38 heavy (non-hydrogen) atoms. The van der Waals surface area contributed by atoms with Crippen LogP contribution >= 0.6 is 0 Å². The summed E-state index contributed by atoms with van der Waals surface area (Å²) in [6.45, 7) is 3.87. The summed E-state index contributed by atoms with van der Waals surface area (Å²) in [5.41, 5.74) is -0.822. The van der Waals surface area contributed by atoms with Crippen LogP contribution in [0.4, 0.5) is 28.9 Å². The highest BCUT2D eigenvalue weighted by molar-refractivity contribution is 5.99. The molecule has 0 spiro atoms. The third-order valence-corrected chi connectivity index (χ3v) is 6.36. The molecule has 0 saturated carbocycles. The van der Waals surface area contributed by atoms with Crippen molar-refractivity contribution < 1.29 is 31.9 Å². The zero-order valence-corrected chi connectivity index (χ0v) is 20.7. The lowest BCUT2D eigenvalue weighted by Crippen LogP contribution is -2.43. The number of nitrogens with one attached hydrogen (secondary N) is 2. The predicted octanol–water partition coefficient (Wildman–Crippen LogP) is 4.69. The van der Waals surface area contributed by atoms with E-state index in [1.807, 2.05) is 0 Å². The van der Waals surface area contributed by atoms with Crippen LogP contribution in [0.3, 0.4) is 0 Å². The Labute approximate surface area is 215 Å². The van der Waals surface area contributed by atoms with Crippen molar-refractivity contribution in [3.8, 4) is 0 Å². The topological polar surface area (TPSA) is 106 Å². The maximum atomic E-state index is 13.4. The molecule has 1 aromatic carbocycles. The number of benzene rings is 1. The summed E-state index contributed by atoms with van der Waals surface area (Å²) in [6, 6.07) is 3.94. The molecule has 4 rings (SSSR count). The average molecular weight is 532 g/mol. The van der Waals surface area contributed by atoms with Gasteiger partial charge in [0, 0.05) is 25.4 Å². The summed E-state index contributed by atoms with van der Waals surface area (Å²) in [5.74, 6) is -1.10. The predicted molar refractivity (Wildman–Crippen MR) is 129 cm³/mol. The quantitative estimate of drug-likeness (QED) is 0.321. The van der Waals surface area contributed by atoms with Gasteiger partial charge in [0.2, 0.25) is 5.91 Å². The van der Waals surface area contributed by atoms with Crippen molar-refractivity contribution in [2.75, 3.05) is 18.5 Å². The average Bonchev–Trinajstić information content (AvgIpc) is 3.34. The first kappa shape index (κ1) is 27.1. The molecule has 1 amide bonds. The fourth-order valence-electron chi connectivity index (χ4n) is 4.18. The van der Waals surface area contributed by atoms with Crippen molar-refractivity contribution in [3.05, 3.63) is 76.9 Å². The number of ketones is 1. The number of rotatable bonds is 8. The molecule has 1 aliphatic rings. The molecule has 2 aromatic heterocycles. The number of Topliss-reactive ketones (excluding diaryl/α,β-unsaturated/α-hetero) is 1. The smallest absolute Gasteiger partial charge is 0.380 e. The highest BCUT2D eigenvalue weighted by Crippen LogP contribution is 2.37. The number of ether oxygens (including phenoxy) is 1. The fraction of sp³-hybridized carbons (Fsp3) is 0.346. The van der Waals surface area contributed by atoms with E-state index in [0.717, 1.165) is 12.1 Å². The van der Waals surface area contributed by atoms with Crippen LogP contribution < -0.4 is 10.6 Å². The van der Waals surface area contributed by atoms with Gasteiger partial charge in [0.1, 0.15) is 11.6 Å². The number of aromatic nitrogens is 3. The molecular formula is C26H25F4N5O3. The fourth-order valence-corrected chi connectivity index (χ4v) is 4.18. The molecular weight excluding hydrogens is 506 g/mol. The van der Waals surface area contributed by atoms with E-state index < -0.39 is 23.0 Å². The number of halogens is 4. The van der Waals surface area contributed by atoms with Gasteiger partial charge in [0.25, 0.3) is 0 Å². The molecule has 3 heterocycles. The number of pyridine rings is 1. The first-order valence-electron chi connectivity index (χ1n) is 11.7. The summed E-state index contributed by atoms with van der Waals surface area (Å²) in [4.78, 5) is 38.3. The molecule has 3 aromatic rings. The van der Waals surface area contributed by atoms with Gasteiger partial charge in [-0.15, -0.1) is 0 Å². The van der Waals surface area contributed by atoms with Crippen LogP contribution in [0, 0.1) is 25.1 Å². The number of anilines is 2. The van der Waals surface area contributed by atoms with Crippen molar-refractivity contribution in [1.29, 1.82) is 0 Å². The largest absolute Gasteiger partial charge is 0.418 e. The van der Waals surface area contributed by atoms with Crippen LogP contribution in [-0.4, -0.2) is 39.9 Å². The molecule has 12 heteroatoms. The van der Waals surface area contributed by atoms with Gasteiger partial charge in [-0.05, 0) is 50.1 Å². The maximum Gasteiger partial charge on any atom is 0.418 e. The molecule has 1 aliphatic heterocycles. The highest BCUT2D eigenvalue weighted by Gasteiger charge is 2.44. The van der Waals surface area contributed by atoms with Crippen molar-refractivity contribution in [3.63, 3.8) is 0 Å². The van der Waals surface area contributed by atoms with E-state index in [-0.39, 0.29) is 42.6 Å². The van der Waals surface area contributed by atoms with E-state index in [1.54, 1.807) is 19.9 Å². The second-order valence-electron chi connectivity index (χ2n) is 9.18. The molecule has 1 atom stereocenters. The zero-order valence-electron chi connectivity index (χ0n) is 20.7. The van der Waals surface area contributed by atoms with E-state index in [9.17, 15) is 27.2 Å². The van der Waals surface area contributed by atoms with Crippen molar-refractivity contribution >= 4 is 23.1 Å². The van der Waals surface area contributed by atoms with Crippen molar-refractivity contribution in [2.45, 2.75) is 39.4 Å². The second kappa shape index (κ2) is 10.8. The highest BCUT2D eigenvalue weighted by atomic mass is 19.4. The molecule has 1 saturated heterocycles. The van der Waals surface area contributed by atoms with Gasteiger partial charge in [-0.3, -0.25) is 14.6 Å².